The van der Waals surface area contributed by atoms with E-state index in [9.17, 15) is 9.59 Å². The third kappa shape index (κ3) is 4.43. The van der Waals surface area contributed by atoms with Gasteiger partial charge in [-0.2, -0.15) is 0 Å². The summed E-state index contributed by atoms with van der Waals surface area (Å²) in [5, 5.41) is 5.22. The van der Waals surface area contributed by atoms with Gasteiger partial charge in [0.25, 0.3) is 5.91 Å². The van der Waals surface area contributed by atoms with Crippen molar-refractivity contribution in [3.8, 4) is 0 Å². The van der Waals surface area contributed by atoms with Crippen LogP contribution in [0.15, 0.2) is 47.8 Å². The molecule has 6 heteroatoms. The van der Waals surface area contributed by atoms with Gasteiger partial charge in [-0.05, 0) is 55.7 Å². The number of hydrogen-bond acceptors (Lipinski definition) is 3. The summed E-state index contributed by atoms with van der Waals surface area (Å²) in [7, 11) is 1.94. The lowest BCUT2D eigenvalue weighted by Crippen LogP contribution is -2.45. The number of thiophene rings is 1. The Bertz CT molecular complexity index is 1020. The van der Waals surface area contributed by atoms with Crippen molar-refractivity contribution in [2.75, 3.05) is 13.1 Å². The molecule has 0 spiro atoms. The van der Waals surface area contributed by atoms with Crippen molar-refractivity contribution in [3.63, 3.8) is 0 Å². The Morgan fingerprint density at radius 3 is 2.60 bits per heavy atom. The van der Waals surface area contributed by atoms with Crippen LogP contribution in [0.5, 0.6) is 0 Å². The van der Waals surface area contributed by atoms with Crippen molar-refractivity contribution in [3.05, 3.63) is 59.1 Å². The largest absolute Gasteiger partial charge is 0.353 e. The summed E-state index contributed by atoms with van der Waals surface area (Å²) in [5.41, 5.74) is 3.13. The van der Waals surface area contributed by atoms with Crippen LogP contribution in [-0.4, -0.2) is 40.4 Å². The number of carbonyl (C=O) groups excluding carboxylic acids is 2. The number of amides is 2. The van der Waals surface area contributed by atoms with E-state index >= 15 is 0 Å². The highest BCUT2D eigenvalue weighted by Crippen LogP contribution is 2.26. The Kier molecular flexibility index (Phi) is 6.23. The summed E-state index contributed by atoms with van der Waals surface area (Å²) in [6.45, 7) is 3.34. The van der Waals surface area contributed by atoms with Crippen LogP contribution in [0.4, 0.5) is 0 Å². The van der Waals surface area contributed by atoms with E-state index in [4.69, 9.17) is 0 Å². The van der Waals surface area contributed by atoms with Gasteiger partial charge in [-0.3, -0.25) is 9.59 Å². The molecule has 1 N–H and O–H groups in total. The number of aromatic nitrogens is 1. The molecule has 2 amide bonds. The molecule has 0 bridgehead atoms. The van der Waals surface area contributed by atoms with Crippen molar-refractivity contribution < 1.29 is 9.59 Å². The minimum absolute atomic E-state index is 0.00914. The minimum atomic E-state index is -0.00914. The molecule has 158 valence electrons. The lowest BCUT2D eigenvalue weighted by molar-refractivity contribution is -0.126. The molecule has 1 fully saturated rings. The maximum Gasteiger partial charge on any atom is 0.270 e. The normalized spacial score (nSPS) is 16.0. The van der Waals surface area contributed by atoms with E-state index in [1.165, 1.54) is 5.56 Å². The predicted molar refractivity (Wildman–Crippen MR) is 122 cm³/mol. The first-order chi connectivity index (χ1) is 14.5. The van der Waals surface area contributed by atoms with E-state index in [0.717, 1.165) is 41.6 Å². The van der Waals surface area contributed by atoms with E-state index < -0.39 is 0 Å². The van der Waals surface area contributed by atoms with Gasteiger partial charge in [0.05, 0.1) is 10.2 Å². The zero-order valence-corrected chi connectivity index (χ0v) is 18.5. The van der Waals surface area contributed by atoms with Crippen LogP contribution in [0.2, 0.25) is 0 Å². The fourth-order valence-electron chi connectivity index (χ4n) is 4.22. The quantitative estimate of drug-likeness (QED) is 0.645. The second-order valence-corrected chi connectivity index (χ2v) is 9.21. The molecule has 1 aliphatic heterocycles. The number of rotatable bonds is 6. The van der Waals surface area contributed by atoms with E-state index in [1.54, 1.807) is 11.3 Å². The average Bonchev–Trinajstić information content (AvgIpc) is 3.35. The van der Waals surface area contributed by atoms with Gasteiger partial charge < -0.3 is 14.8 Å². The molecule has 5 nitrogen and oxygen atoms in total. The van der Waals surface area contributed by atoms with Crippen molar-refractivity contribution in [1.29, 1.82) is 0 Å². The van der Waals surface area contributed by atoms with E-state index in [-0.39, 0.29) is 23.8 Å². The number of likely N-dealkylation sites (tertiary alicyclic amines) is 1. The predicted octanol–water partition coefficient (Wildman–Crippen LogP) is 4.23. The number of nitrogens with one attached hydrogen (secondary N) is 1. The Morgan fingerprint density at radius 1 is 1.17 bits per heavy atom. The smallest absolute Gasteiger partial charge is 0.270 e. The van der Waals surface area contributed by atoms with Crippen LogP contribution >= 0.6 is 11.3 Å². The summed E-state index contributed by atoms with van der Waals surface area (Å²) in [6.07, 6.45) is 3.34. The van der Waals surface area contributed by atoms with Crippen LogP contribution in [0.3, 0.4) is 0 Å². The van der Waals surface area contributed by atoms with Crippen LogP contribution < -0.4 is 5.32 Å². The molecular weight excluding hydrogens is 394 g/mol. The lowest BCUT2D eigenvalue weighted by atomic mass is 9.95. The summed E-state index contributed by atoms with van der Waals surface area (Å²) in [4.78, 5) is 27.5. The maximum absolute atomic E-state index is 13.0. The molecule has 2 aromatic heterocycles. The minimum Gasteiger partial charge on any atom is -0.353 e. The maximum atomic E-state index is 13.0. The van der Waals surface area contributed by atoms with Crippen LogP contribution in [-0.2, 0) is 18.3 Å². The molecule has 0 unspecified atom stereocenters. The molecule has 1 saturated heterocycles. The molecule has 1 aromatic carbocycles. The number of hydrogen-bond donors (Lipinski definition) is 1. The van der Waals surface area contributed by atoms with Gasteiger partial charge >= 0.3 is 0 Å². The number of nitrogens with zero attached hydrogens (tertiary/aromatic N) is 2. The second kappa shape index (κ2) is 9.04. The average molecular weight is 424 g/mol. The fourth-order valence-corrected chi connectivity index (χ4v) is 5.07. The van der Waals surface area contributed by atoms with E-state index in [2.05, 4.69) is 24.4 Å². The third-order valence-electron chi connectivity index (χ3n) is 6.13. The van der Waals surface area contributed by atoms with Crippen LogP contribution in [0, 0.1) is 5.92 Å². The highest BCUT2D eigenvalue weighted by molar-refractivity contribution is 7.17. The van der Waals surface area contributed by atoms with Gasteiger partial charge in [-0.1, -0.05) is 30.3 Å². The molecule has 0 saturated carbocycles. The van der Waals surface area contributed by atoms with Gasteiger partial charge in [0, 0.05) is 32.1 Å². The zero-order chi connectivity index (χ0) is 21.1. The standard InChI is InChI=1S/C24H29N3O2S/c1-17(8-9-18-6-4-3-5-7-18)25-23(28)19-10-13-27(14-11-19)24(29)21-16-22-20(26(21)2)12-15-30-22/h3-7,12,15-17,19H,8-11,13-14H2,1-2H3,(H,25,28)/t17-/m0/s1. The number of carbonyl (C=O) groups is 2. The van der Waals surface area contributed by atoms with Gasteiger partial charge in [0.2, 0.25) is 5.91 Å². The van der Waals surface area contributed by atoms with Gasteiger partial charge in [-0.25, -0.2) is 0 Å². The fraction of sp³-hybridized carbons (Fsp3) is 0.417. The molecule has 3 aromatic rings. The highest BCUT2D eigenvalue weighted by atomic mass is 32.1. The molecule has 1 aliphatic rings. The number of piperidine rings is 1. The summed E-state index contributed by atoms with van der Waals surface area (Å²) in [5.74, 6) is 0.183. The van der Waals surface area contributed by atoms with Gasteiger partial charge in [0.1, 0.15) is 5.69 Å². The number of benzene rings is 1. The molecule has 4 rings (SSSR count). The Balaban J connectivity index is 1.26. The molecular formula is C24H29N3O2S. The van der Waals surface area contributed by atoms with Gasteiger partial charge in [-0.15, -0.1) is 11.3 Å². The highest BCUT2D eigenvalue weighted by Gasteiger charge is 2.29. The topological polar surface area (TPSA) is 54.3 Å². The monoisotopic (exact) mass is 423 g/mol. The molecule has 0 aliphatic carbocycles. The third-order valence-corrected chi connectivity index (χ3v) is 6.99. The Morgan fingerprint density at radius 2 is 1.90 bits per heavy atom. The SMILES string of the molecule is C[C@@H](CCc1ccccc1)NC(=O)C1CCN(C(=O)c2cc3sccc3n2C)CC1. The lowest BCUT2D eigenvalue weighted by Gasteiger charge is -2.32. The van der Waals surface area contributed by atoms with E-state index in [0.29, 0.717) is 13.1 Å². The molecule has 1 atom stereocenters. The Hall–Kier alpha value is -2.60. The molecule has 0 radical (unpaired) electrons. The first-order valence-electron chi connectivity index (χ1n) is 10.7. The second-order valence-electron chi connectivity index (χ2n) is 8.26. The number of aryl methyl sites for hydroxylation is 2. The van der Waals surface area contributed by atoms with Crippen molar-refractivity contribution >= 4 is 33.4 Å². The van der Waals surface area contributed by atoms with Crippen LogP contribution in [0.25, 0.3) is 10.2 Å². The first-order valence-corrected chi connectivity index (χ1v) is 11.6. The van der Waals surface area contributed by atoms with Crippen molar-refractivity contribution in [2.24, 2.45) is 13.0 Å². The van der Waals surface area contributed by atoms with E-state index in [1.807, 2.05) is 52.2 Å². The first kappa shape index (κ1) is 20.7. The number of fused-ring (bicyclic) bond motifs is 1. The molecule has 3 heterocycles. The van der Waals surface area contributed by atoms with Crippen LogP contribution in [0.1, 0.15) is 42.2 Å². The zero-order valence-electron chi connectivity index (χ0n) is 17.6. The van der Waals surface area contributed by atoms with Crippen molar-refractivity contribution in [1.82, 2.24) is 14.8 Å². The van der Waals surface area contributed by atoms with Crippen molar-refractivity contribution in [2.45, 2.75) is 38.6 Å². The summed E-state index contributed by atoms with van der Waals surface area (Å²) < 4.78 is 3.11. The summed E-state index contributed by atoms with van der Waals surface area (Å²) >= 11 is 1.65. The Labute approximate surface area is 181 Å². The molecule has 30 heavy (non-hydrogen) atoms. The summed E-state index contributed by atoms with van der Waals surface area (Å²) in [6, 6.07) is 14.5. The van der Waals surface area contributed by atoms with Gasteiger partial charge in [0.15, 0.2) is 0 Å².